The van der Waals surface area contributed by atoms with E-state index in [1.165, 1.54) is 43.5 Å². The van der Waals surface area contributed by atoms with Crippen LogP contribution in [0.15, 0.2) is 54.6 Å². The molecule has 2 nitrogen and oxygen atoms in total. The van der Waals surface area contributed by atoms with E-state index in [1.807, 2.05) is 6.07 Å². The molecular formula is C20H26ClNO. The van der Waals surface area contributed by atoms with Crippen molar-refractivity contribution in [2.45, 2.75) is 31.8 Å². The summed E-state index contributed by atoms with van der Waals surface area (Å²) < 4.78 is 0. The van der Waals surface area contributed by atoms with Gasteiger partial charge in [-0.3, -0.25) is 0 Å². The van der Waals surface area contributed by atoms with Gasteiger partial charge in [-0.05, 0) is 49.0 Å². The zero-order valence-corrected chi connectivity index (χ0v) is 14.3. The van der Waals surface area contributed by atoms with Gasteiger partial charge in [0.15, 0.2) is 0 Å². The molecule has 1 fully saturated rings. The second-order valence-electron chi connectivity index (χ2n) is 6.19. The molecule has 0 aliphatic carbocycles. The average molecular weight is 332 g/mol. The quantitative estimate of drug-likeness (QED) is 0.859. The molecule has 1 atom stereocenters. The Kier molecular flexibility index (Phi) is 7.10. The third kappa shape index (κ3) is 5.07. The zero-order chi connectivity index (χ0) is 15.2. The van der Waals surface area contributed by atoms with Gasteiger partial charge >= 0.3 is 0 Å². The van der Waals surface area contributed by atoms with E-state index >= 15 is 0 Å². The first-order chi connectivity index (χ1) is 10.8. The molecule has 2 aromatic carbocycles. The molecule has 3 heteroatoms. The van der Waals surface area contributed by atoms with Gasteiger partial charge in [0.2, 0.25) is 0 Å². The lowest BCUT2D eigenvalue weighted by Gasteiger charge is -2.27. The minimum absolute atomic E-state index is 0. The molecule has 1 unspecified atom stereocenters. The maximum absolute atomic E-state index is 10.4. The molecule has 23 heavy (non-hydrogen) atoms. The van der Waals surface area contributed by atoms with E-state index < -0.39 is 0 Å². The second kappa shape index (κ2) is 9.07. The third-order valence-electron chi connectivity index (χ3n) is 4.57. The normalized spacial score (nSPS) is 16.6. The number of nitrogens with zero attached hydrogens (tertiary/aromatic N) is 1. The fourth-order valence-corrected chi connectivity index (χ4v) is 3.18. The summed E-state index contributed by atoms with van der Waals surface area (Å²) in [5, 5.41) is 10.4. The zero-order valence-electron chi connectivity index (χ0n) is 13.5. The van der Waals surface area contributed by atoms with Gasteiger partial charge in [-0.15, -0.1) is 12.4 Å². The predicted molar refractivity (Wildman–Crippen MR) is 99.0 cm³/mol. The minimum Gasteiger partial charge on any atom is -0.388 e. The molecule has 3 rings (SSSR count). The van der Waals surface area contributed by atoms with Gasteiger partial charge in [-0.1, -0.05) is 61.0 Å². The number of rotatable bonds is 5. The number of hydrogen-bond acceptors (Lipinski definition) is 2. The summed E-state index contributed by atoms with van der Waals surface area (Å²) in [6.07, 6.45) is 4.45. The summed E-state index contributed by atoms with van der Waals surface area (Å²) in [4.78, 5) is 2.48. The first-order valence-electron chi connectivity index (χ1n) is 8.39. The Hall–Kier alpha value is -1.35. The van der Waals surface area contributed by atoms with Crippen LogP contribution >= 0.6 is 12.4 Å². The van der Waals surface area contributed by atoms with E-state index in [2.05, 4.69) is 53.4 Å². The molecule has 0 spiro atoms. The summed E-state index contributed by atoms with van der Waals surface area (Å²) >= 11 is 0. The predicted octanol–water partition coefficient (Wildman–Crippen LogP) is 4.68. The van der Waals surface area contributed by atoms with Crippen LogP contribution in [0, 0.1) is 0 Å². The molecule has 1 saturated heterocycles. The van der Waals surface area contributed by atoms with E-state index in [1.54, 1.807) is 0 Å². The molecule has 1 aliphatic heterocycles. The highest BCUT2D eigenvalue weighted by Crippen LogP contribution is 2.23. The van der Waals surface area contributed by atoms with E-state index in [0.717, 1.165) is 18.5 Å². The summed E-state index contributed by atoms with van der Waals surface area (Å²) in [7, 11) is 0. The highest BCUT2D eigenvalue weighted by atomic mass is 35.5. The number of aliphatic hydroxyl groups excluding tert-OH is 1. The molecule has 0 amide bonds. The number of likely N-dealkylation sites (tertiary alicyclic amines) is 1. The Bertz CT molecular complexity index is 564. The molecule has 1 N–H and O–H groups in total. The highest BCUT2D eigenvalue weighted by molar-refractivity contribution is 5.85. The summed E-state index contributed by atoms with van der Waals surface area (Å²) in [5.74, 6) is 0. The van der Waals surface area contributed by atoms with Gasteiger partial charge in [0.25, 0.3) is 0 Å². The van der Waals surface area contributed by atoms with Crippen LogP contribution in [0.3, 0.4) is 0 Å². The topological polar surface area (TPSA) is 23.5 Å². The van der Waals surface area contributed by atoms with Gasteiger partial charge in [-0.25, -0.2) is 0 Å². The van der Waals surface area contributed by atoms with E-state index in [0.29, 0.717) is 0 Å². The Morgan fingerprint density at radius 3 is 2.09 bits per heavy atom. The Balaban J connectivity index is 0.00000192. The molecule has 0 aromatic heterocycles. The van der Waals surface area contributed by atoms with Crippen LogP contribution in [-0.4, -0.2) is 29.6 Å². The average Bonchev–Trinajstić information content (AvgIpc) is 2.61. The van der Waals surface area contributed by atoms with Crippen LogP contribution in [-0.2, 0) is 0 Å². The molecule has 2 aromatic rings. The lowest BCUT2D eigenvalue weighted by molar-refractivity contribution is 0.134. The fraction of sp³-hybridized carbons (Fsp3) is 0.400. The number of halogens is 1. The SMILES string of the molecule is Cl.OC(CCN1CCCCC1)c1ccc(-c2ccccc2)cc1. The van der Waals surface area contributed by atoms with Crippen molar-refractivity contribution in [2.24, 2.45) is 0 Å². The van der Waals surface area contributed by atoms with Gasteiger partial charge in [0, 0.05) is 6.54 Å². The van der Waals surface area contributed by atoms with Crippen molar-refractivity contribution >= 4 is 12.4 Å². The van der Waals surface area contributed by atoms with Gasteiger partial charge in [0.1, 0.15) is 0 Å². The molecule has 0 bridgehead atoms. The largest absolute Gasteiger partial charge is 0.388 e. The van der Waals surface area contributed by atoms with E-state index in [-0.39, 0.29) is 18.5 Å². The smallest absolute Gasteiger partial charge is 0.0802 e. The van der Waals surface area contributed by atoms with Crippen molar-refractivity contribution in [3.8, 4) is 11.1 Å². The van der Waals surface area contributed by atoms with Crippen molar-refractivity contribution in [1.82, 2.24) is 4.90 Å². The van der Waals surface area contributed by atoms with Crippen molar-refractivity contribution < 1.29 is 5.11 Å². The lowest BCUT2D eigenvalue weighted by Crippen LogP contribution is -2.31. The first kappa shape index (κ1) is 18.0. The van der Waals surface area contributed by atoms with Crippen LogP contribution in [0.1, 0.15) is 37.4 Å². The Morgan fingerprint density at radius 2 is 1.43 bits per heavy atom. The summed E-state index contributed by atoms with van der Waals surface area (Å²) in [5.41, 5.74) is 3.45. The van der Waals surface area contributed by atoms with Crippen LogP contribution in [0.25, 0.3) is 11.1 Å². The number of benzene rings is 2. The van der Waals surface area contributed by atoms with Crippen LogP contribution in [0.4, 0.5) is 0 Å². The number of piperidine rings is 1. The molecule has 0 radical (unpaired) electrons. The standard InChI is InChI=1S/C20H25NO.ClH/c22-20(13-16-21-14-5-2-6-15-21)19-11-9-18(10-12-19)17-7-3-1-4-8-17;/h1,3-4,7-12,20,22H,2,5-6,13-16H2;1H. The summed E-state index contributed by atoms with van der Waals surface area (Å²) in [6, 6.07) is 18.7. The maximum atomic E-state index is 10.4. The number of aliphatic hydroxyl groups is 1. The highest BCUT2D eigenvalue weighted by Gasteiger charge is 2.13. The molecule has 124 valence electrons. The molecule has 0 saturated carbocycles. The fourth-order valence-electron chi connectivity index (χ4n) is 3.18. The maximum Gasteiger partial charge on any atom is 0.0802 e. The van der Waals surface area contributed by atoms with Gasteiger partial charge < -0.3 is 10.0 Å². The molecule has 1 aliphatic rings. The van der Waals surface area contributed by atoms with Gasteiger partial charge in [-0.2, -0.15) is 0 Å². The van der Waals surface area contributed by atoms with Crippen LogP contribution in [0.2, 0.25) is 0 Å². The van der Waals surface area contributed by atoms with Gasteiger partial charge in [0.05, 0.1) is 6.10 Å². The summed E-state index contributed by atoms with van der Waals surface area (Å²) in [6.45, 7) is 3.39. The lowest BCUT2D eigenvalue weighted by atomic mass is 10.0. The van der Waals surface area contributed by atoms with Crippen molar-refractivity contribution in [3.63, 3.8) is 0 Å². The Morgan fingerprint density at radius 1 is 0.826 bits per heavy atom. The van der Waals surface area contributed by atoms with Crippen LogP contribution < -0.4 is 0 Å². The number of hydrogen-bond donors (Lipinski definition) is 1. The molecule has 1 heterocycles. The van der Waals surface area contributed by atoms with Crippen molar-refractivity contribution in [2.75, 3.05) is 19.6 Å². The second-order valence-corrected chi connectivity index (χ2v) is 6.19. The first-order valence-corrected chi connectivity index (χ1v) is 8.39. The van der Waals surface area contributed by atoms with E-state index in [4.69, 9.17) is 0 Å². The molecular weight excluding hydrogens is 306 g/mol. The van der Waals surface area contributed by atoms with Crippen molar-refractivity contribution in [3.05, 3.63) is 60.2 Å². The van der Waals surface area contributed by atoms with Crippen molar-refractivity contribution in [1.29, 1.82) is 0 Å². The van der Waals surface area contributed by atoms with Crippen LogP contribution in [0.5, 0.6) is 0 Å². The van der Waals surface area contributed by atoms with E-state index in [9.17, 15) is 5.11 Å². The third-order valence-corrected chi connectivity index (χ3v) is 4.57. The minimum atomic E-state index is -0.355. The monoisotopic (exact) mass is 331 g/mol. The Labute approximate surface area is 145 Å².